The van der Waals surface area contributed by atoms with Crippen LogP contribution < -0.4 is 4.90 Å². The van der Waals surface area contributed by atoms with E-state index in [9.17, 15) is 0 Å². The first-order chi connectivity index (χ1) is 12.6. The first-order valence-electron chi connectivity index (χ1n) is 8.51. The summed E-state index contributed by atoms with van der Waals surface area (Å²) in [5.41, 5.74) is 4.15. The lowest BCUT2D eigenvalue weighted by Crippen LogP contribution is -2.19. The third kappa shape index (κ3) is 3.01. The highest BCUT2D eigenvalue weighted by molar-refractivity contribution is 5.87. The van der Waals surface area contributed by atoms with Crippen LogP contribution in [0.15, 0.2) is 55.0 Å². The minimum Gasteiger partial charge on any atom is -0.355 e. The molecule has 3 aromatic heterocycles. The monoisotopic (exact) mass is 344 g/mol. The molecule has 4 rings (SSSR count). The Balaban J connectivity index is 1.77. The van der Waals surface area contributed by atoms with Crippen molar-refractivity contribution in [3.8, 4) is 5.69 Å². The van der Waals surface area contributed by atoms with Crippen LogP contribution in [0.3, 0.4) is 0 Å². The molecule has 6 heteroatoms. The van der Waals surface area contributed by atoms with Gasteiger partial charge in [-0.25, -0.2) is 14.6 Å². The number of aryl methyl sites for hydroxylation is 2. The summed E-state index contributed by atoms with van der Waals surface area (Å²) in [4.78, 5) is 15.6. The fourth-order valence-electron chi connectivity index (χ4n) is 3.01. The van der Waals surface area contributed by atoms with Crippen molar-refractivity contribution in [1.82, 2.24) is 24.7 Å². The number of rotatable bonds is 4. The number of hydrogen-bond acceptors (Lipinski definition) is 5. The van der Waals surface area contributed by atoms with E-state index in [-0.39, 0.29) is 0 Å². The molecule has 0 aliphatic carbocycles. The molecule has 3 heterocycles. The third-order valence-electron chi connectivity index (χ3n) is 4.30. The van der Waals surface area contributed by atoms with Crippen molar-refractivity contribution in [2.75, 3.05) is 11.9 Å². The van der Waals surface area contributed by atoms with Crippen LogP contribution in [0, 0.1) is 13.8 Å². The van der Waals surface area contributed by atoms with Gasteiger partial charge in [-0.3, -0.25) is 4.98 Å². The van der Waals surface area contributed by atoms with E-state index < -0.39 is 0 Å². The Morgan fingerprint density at radius 2 is 1.81 bits per heavy atom. The number of fused-ring (bicyclic) bond motifs is 1. The molecular weight excluding hydrogens is 324 g/mol. The summed E-state index contributed by atoms with van der Waals surface area (Å²) < 4.78 is 1.87. The standard InChI is InChI=1S/C20H20N6/c1-14-6-8-17(9-7-14)26-20-18(12-22-26)19(23-15(2)24-20)25(3)13-16-5-4-10-21-11-16/h4-12H,13H2,1-3H3. The summed E-state index contributed by atoms with van der Waals surface area (Å²) >= 11 is 0. The summed E-state index contributed by atoms with van der Waals surface area (Å²) in [5.74, 6) is 1.59. The van der Waals surface area contributed by atoms with Crippen LogP contribution in [0.5, 0.6) is 0 Å². The van der Waals surface area contributed by atoms with Crippen molar-refractivity contribution >= 4 is 16.9 Å². The zero-order chi connectivity index (χ0) is 18.1. The Bertz CT molecular complexity index is 1040. The number of anilines is 1. The number of hydrogen-bond donors (Lipinski definition) is 0. The molecule has 26 heavy (non-hydrogen) atoms. The molecule has 0 atom stereocenters. The summed E-state index contributed by atoms with van der Waals surface area (Å²) in [6, 6.07) is 12.3. The number of aromatic nitrogens is 5. The number of nitrogens with zero attached hydrogens (tertiary/aromatic N) is 6. The van der Waals surface area contributed by atoms with Crippen molar-refractivity contribution < 1.29 is 0 Å². The molecule has 0 amide bonds. The summed E-state index contributed by atoms with van der Waals surface area (Å²) in [6.07, 6.45) is 5.49. The van der Waals surface area contributed by atoms with Crippen LogP contribution in [0.4, 0.5) is 5.82 Å². The molecule has 0 fully saturated rings. The molecule has 130 valence electrons. The Morgan fingerprint density at radius 3 is 2.54 bits per heavy atom. The van der Waals surface area contributed by atoms with E-state index in [1.165, 1.54) is 5.56 Å². The second-order valence-electron chi connectivity index (χ2n) is 6.44. The van der Waals surface area contributed by atoms with Gasteiger partial charge in [0.25, 0.3) is 0 Å². The smallest absolute Gasteiger partial charge is 0.168 e. The zero-order valence-corrected chi connectivity index (χ0v) is 15.1. The maximum absolute atomic E-state index is 4.66. The zero-order valence-electron chi connectivity index (χ0n) is 15.1. The van der Waals surface area contributed by atoms with Gasteiger partial charge in [0.05, 0.1) is 17.3 Å². The van der Waals surface area contributed by atoms with Gasteiger partial charge < -0.3 is 4.90 Å². The summed E-state index contributed by atoms with van der Waals surface area (Å²) in [5, 5.41) is 5.49. The molecule has 6 nitrogen and oxygen atoms in total. The maximum atomic E-state index is 4.66. The molecule has 0 saturated heterocycles. The first kappa shape index (κ1) is 16.2. The molecule has 0 N–H and O–H groups in total. The molecule has 1 aromatic carbocycles. The van der Waals surface area contributed by atoms with Crippen LogP contribution in [0.2, 0.25) is 0 Å². The van der Waals surface area contributed by atoms with Crippen LogP contribution in [-0.2, 0) is 6.54 Å². The van der Waals surface area contributed by atoms with Crippen molar-refractivity contribution in [3.63, 3.8) is 0 Å². The minimum atomic E-state index is 0.717. The second kappa shape index (κ2) is 6.55. The van der Waals surface area contributed by atoms with Gasteiger partial charge in [0.2, 0.25) is 0 Å². The van der Waals surface area contributed by atoms with Crippen molar-refractivity contribution in [3.05, 3.63) is 71.9 Å². The average molecular weight is 344 g/mol. The van der Waals surface area contributed by atoms with E-state index >= 15 is 0 Å². The Hall–Kier alpha value is -3.28. The van der Waals surface area contributed by atoms with Crippen molar-refractivity contribution in [1.29, 1.82) is 0 Å². The predicted molar refractivity (Wildman–Crippen MR) is 102 cm³/mol. The van der Waals surface area contributed by atoms with E-state index in [0.29, 0.717) is 0 Å². The molecule has 0 spiro atoms. The van der Waals surface area contributed by atoms with Gasteiger partial charge >= 0.3 is 0 Å². The van der Waals surface area contributed by atoms with Crippen molar-refractivity contribution in [2.45, 2.75) is 20.4 Å². The normalized spacial score (nSPS) is 11.0. The minimum absolute atomic E-state index is 0.717. The van der Waals surface area contributed by atoms with E-state index in [1.54, 1.807) is 6.20 Å². The highest BCUT2D eigenvalue weighted by Gasteiger charge is 2.16. The Morgan fingerprint density at radius 1 is 1.00 bits per heavy atom. The van der Waals surface area contributed by atoms with Gasteiger partial charge in [-0.2, -0.15) is 5.10 Å². The van der Waals surface area contributed by atoms with E-state index in [0.717, 1.165) is 40.5 Å². The second-order valence-corrected chi connectivity index (χ2v) is 6.44. The van der Waals surface area contributed by atoms with E-state index in [1.807, 2.05) is 37.1 Å². The lowest BCUT2D eigenvalue weighted by atomic mass is 10.2. The van der Waals surface area contributed by atoms with Crippen LogP contribution >= 0.6 is 0 Å². The average Bonchev–Trinajstić information content (AvgIpc) is 3.06. The topological polar surface area (TPSA) is 59.7 Å². The third-order valence-corrected chi connectivity index (χ3v) is 4.30. The molecule has 0 aliphatic rings. The SMILES string of the molecule is Cc1ccc(-n2ncc3c(N(C)Cc4cccnc4)nc(C)nc32)cc1. The Kier molecular flexibility index (Phi) is 4.08. The van der Waals surface area contributed by atoms with Gasteiger partial charge in [-0.15, -0.1) is 0 Å². The van der Waals surface area contributed by atoms with Gasteiger partial charge in [0, 0.05) is 26.0 Å². The highest BCUT2D eigenvalue weighted by atomic mass is 15.3. The van der Waals surface area contributed by atoms with Gasteiger partial charge in [0.15, 0.2) is 5.65 Å². The van der Waals surface area contributed by atoms with Crippen LogP contribution in [-0.4, -0.2) is 31.8 Å². The fraction of sp³-hybridized carbons (Fsp3) is 0.200. The molecule has 0 unspecified atom stereocenters. The molecular formula is C20H20N6. The summed E-state index contributed by atoms with van der Waals surface area (Å²) in [7, 11) is 2.03. The van der Waals surface area contributed by atoms with E-state index in [2.05, 4.69) is 62.2 Å². The molecule has 0 aliphatic heterocycles. The predicted octanol–water partition coefficient (Wildman–Crippen LogP) is 3.46. The quantitative estimate of drug-likeness (QED) is 0.567. The van der Waals surface area contributed by atoms with Gasteiger partial charge in [-0.05, 0) is 37.6 Å². The maximum Gasteiger partial charge on any atom is 0.168 e. The fourth-order valence-corrected chi connectivity index (χ4v) is 3.01. The lowest BCUT2D eigenvalue weighted by molar-refractivity contribution is 0.872. The van der Waals surface area contributed by atoms with Crippen LogP contribution in [0.25, 0.3) is 16.7 Å². The van der Waals surface area contributed by atoms with Crippen LogP contribution in [0.1, 0.15) is 17.0 Å². The van der Waals surface area contributed by atoms with Gasteiger partial charge in [0.1, 0.15) is 11.6 Å². The first-order valence-corrected chi connectivity index (χ1v) is 8.51. The van der Waals surface area contributed by atoms with E-state index in [4.69, 9.17) is 0 Å². The number of benzene rings is 1. The molecule has 0 saturated carbocycles. The highest BCUT2D eigenvalue weighted by Crippen LogP contribution is 2.26. The molecule has 0 bridgehead atoms. The Labute approximate surface area is 152 Å². The number of pyridine rings is 1. The van der Waals surface area contributed by atoms with Crippen molar-refractivity contribution in [2.24, 2.45) is 0 Å². The van der Waals surface area contributed by atoms with Gasteiger partial charge in [-0.1, -0.05) is 23.8 Å². The molecule has 4 aromatic rings. The largest absolute Gasteiger partial charge is 0.355 e. The molecule has 0 radical (unpaired) electrons. The summed E-state index contributed by atoms with van der Waals surface area (Å²) in [6.45, 7) is 4.70. The lowest BCUT2D eigenvalue weighted by Gasteiger charge is -2.19.